The average Bonchev–Trinajstić information content (AvgIpc) is 2.35. The quantitative estimate of drug-likeness (QED) is 0.719. The predicted molar refractivity (Wildman–Crippen MR) is 75.5 cm³/mol. The molecule has 0 aliphatic carbocycles. The van der Waals surface area contributed by atoms with Crippen LogP contribution in [0.1, 0.15) is 13.8 Å². The number of benzene rings is 1. The van der Waals surface area contributed by atoms with E-state index in [0.717, 1.165) is 11.4 Å². The van der Waals surface area contributed by atoms with Gasteiger partial charge in [0.1, 0.15) is 5.75 Å². The van der Waals surface area contributed by atoms with Gasteiger partial charge in [0.25, 0.3) is 5.91 Å². The molecule has 1 amide bonds. The number of amides is 1. The van der Waals surface area contributed by atoms with Crippen LogP contribution in [0.5, 0.6) is 5.75 Å². The van der Waals surface area contributed by atoms with Gasteiger partial charge in [-0.15, -0.1) is 0 Å². The molecule has 0 heterocycles. The predicted octanol–water partition coefficient (Wildman–Crippen LogP) is 1.17. The van der Waals surface area contributed by atoms with Crippen molar-refractivity contribution in [1.82, 2.24) is 5.32 Å². The Balaban J connectivity index is 2.54. The molecule has 0 radical (unpaired) electrons. The summed E-state index contributed by atoms with van der Waals surface area (Å²) in [5.41, 5.74) is -2.01. The highest BCUT2D eigenvalue weighted by Crippen LogP contribution is 2.18. The third-order valence-corrected chi connectivity index (χ3v) is 3.04. The van der Waals surface area contributed by atoms with Gasteiger partial charge >= 0.3 is 5.97 Å². The van der Waals surface area contributed by atoms with E-state index < -0.39 is 30.1 Å². The lowest BCUT2D eigenvalue weighted by Gasteiger charge is -2.20. The zero-order valence-corrected chi connectivity index (χ0v) is 12.7. The highest BCUT2D eigenvalue weighted by molar-refractivity contribution is 9.10. The molecule has 110 valence electrons. The number of aliphatic hydroxyl groups is 1. The Labute approximate surface area is 124 Å². The number of carbonyl (C=O) groups excluding carboxylic acids is 1. The standard InChI is InChI=1S/C13H16BrNO5/c1-8(20-10-5-3-4-9(14)6-10)11(16)15-7-13(2,19)12(17)18/h3-6,8,19H,7H2,1-2H3,(H,15,16)(H,17,18). The van der Waals surface area contributed by atoms with Gasteiger partial charge in [-0.05, 0) is 32.0 Å². The van der Waals surface area contributed by atoms with Gasteiger partial charge in [-0.25, -0.2) is 4.79 Å². The monoisotopic (exact) mass is 345 g/mol. The summed E-state index contributed by atoms with van der Waals surface area (Å²) in [7, 11) is 0. The van der Waals surface area contributed by atoms with E-state index in [0.29, 0.717) is 5.75 Å². The first-order chi connectivity index (χ1) is 9.22. The molecule has 0 bridgehead atoms. The molecule has 0 aliphatic heterocycles. The van der Waals surface area contributed by atoms with Crippen LogP contribution in [0.2, 0.25) is 0 Å². The van der Waals surface area contributed by atoms with Crippen LogP contribution in [0.25, 0.3) is 0 Å². The molecule has 0 saturated heterocycles. The zero-order chi connectivity index (χ0) is 15.3. The van der Waals surface area contributed by atoms with Crippen LogP contribution >= 0.6 is 15.9 Å². The first-order valence-corrected chi connectivity index (χ1v) is 6.67. The second-order valence-corrected chi connectivity index (χ2v) is 5.43. The smallest absolute Gasteiger partial charge is 0.337 e. The molecule has 0 fully saturated rings. The number of halogens is 1. The van der Waals surface area contributed by atoms with Crippen molar-refractivity contribution < 1.29 is 24.5 Å². The van der Waals surface area contributed by atoms with E-state index >= 15 is 0 Å². The summed E-state index contributed by atoms with van der Waals surface area (Å²) in [4.78, 5) is 22.4. The first-order valence-electron chi connectivity index (χ1n) is 5.88. The van der Waals surface area contributed by atoms with Crippen LogP contribution in [0, 0.1) is 0 Å². The summed E-state index contributed by atoms with van der Waals surface area (Å²) in [6.45, 7) is 2.24. The Hall–Kier alpha value is -1.60. The molecular weight excluding hydrogens is 330 g/mol. The topological polar surface area (TPSA) is 95.9 Å². The van der Waals surface area contributed by atoms with Crippen LogP contribution in [-0.4, -0.2) is 40.3 Å². The summed E-state index contributed by atoms with van der Waals surface area (Å²) in [5, 5.41) is 20.5. The minimum Gasteiger partial charge on any atom is -0.481 e. The van der Waals surface area contributed by atoms with Crippen molar-refractivity contribution in [2.24, 2.45) is 0 Å². The van der Waals surface area contributed by atoms with Gasteiger partial charge < -0.3 is 20.3 Å². The lowest BCUT2D eigenvalue weighted by Crippen LogP contribution is -2.49. The fourth-order valence-corrected chi connectivity index (χ4v) is 1.65. The number of carbonyl (C=O) groups is 2. The van der Waals surface area contributed by atoms with Gasteiger partial charge in [0.05, 0.1) is 6.54 Å². The molecule has 7 heteroatoms. The van der Waals surface area contributed by atoms with Crippen LogP contribution in [-0.2, 0) is 9.59 Å². The minimum atomic E-state index is -2.01. The largest absolute Gasteiger partial charge is 0.481 e. The second-order valence-electron chi connectivity index (χ2n) is 4.51. The van der Waals surface area contributed by atoms with Crippen molar-refractivity contribution in [2.45, 2.75) is 25.6 Å². The van der Waals surface area contributed by atoms with Gasteiger partial charge in [-0.1, -0.05) is 22.0 Å². The number of hydrogen-bond donors (Lipinski definition) is 3. The fraction of sp³-hybridized carbons (Fsp3) is 0.385. The van der Waals surface area contributed by atoms with E-state index in [1.54, 1.807) is 18.2 Å². The fourth-order valence-electron chi connectivity index (χ4n) is 1.28. The molecule has 0 spiro atoms. The summed E-state index contributed by atoms with van der Waals surface area (Å²) in [6.07, 6.45) is -0.811. The van der Waals surface area contributed by atoms with Gasteiger partial charge in [0, 0.05) is 4.47 Å². The SMILES string of the molecule is CC(Oc1cccc(Br)c1)C(=O)NCC(C)(O)C(=O)O. The van der Waals surface area contributed by atoms with E-state index in [2.05, 4.69) is 21.2 Å². The second kappa shape index (κ2) is 6.71. The molecule has 2 unspecified atom stereocenters. The molecule has 1 rings (SSSR count). The molecule has 20 heavy (non-hydrogen) atoms. The minimum absolute atomic E-state index is 0.395. The van der Waals surface area contributed by atoms with Crippen molar-refractivity contribution in [3.8, 4) is 5.75 Å². The Morgan fingerprint density at radius 1 is 1.50 bits per heavy atom. The third kappa shape index (κ3) is 4.82. The highest BCUT2D eigenvalue weighted by Gasteiger charge is 2.31. The number of hydrogen-bond acceptors (Lipinski definition) is 4. The van der Waals surface area contributed by atoms with Crippen molar-refractivity contribution in [2.75, 3.05) is 6.54 Å². The van der Waals surface area contributed by atoms with E-state index in [4.69, 9.17) is 9.84 Å². The maximum Gasteiger partial charge on any atom is 0.337 e. The van der Waals surface area contributed by atoms with Crippen molar-refractivity contribution >= 4 is 27.8 Å². The summed E-state index contributed by atoms with van der Waals surface area (Å²) in [6, 6.07) is 6.99. The maximum atomic E-state index is 11.7. The number of ether oxygens (including phenoxy) is 1. The zero-order valence-electron chi connectivity index (χ0n) is 11.1. The Kier molecular flexibility index (Phi) is 5.52. The van der Waals surface area contributed by atoms with E-state index in [1.165, 1.54) is 6.92 Å². The van der Waals surface area contributed by atoms with Crippen LogP contribution in [0.15, 0.2) is 28.7 Å². The van der Waals surface area contributed by atoms with E-state index in [9.17, 15) is 14.7 Å². The third-order valence-electron chi connectivity index (χ3n) is 2.55. The maximum absolute atomic E-state index is 11.7. The number of nitrogens with one attached hydrogen (secondary N) is 1. The molecule has 1 aromatic carbocycles. The van der Waals surface area contributed by atoms with E-state index in [1.807, 2.05) is 6.07 Å². The first kappa shape index (κ1) is 16.5. The molecular formula is C13H16BrNO5. The van der Waals surface area contributed by atoms with Gasteiger partial charge in [-0.3, -0.25) is 4.79 Å². The van der Waals surface area contributed by atoms with Gasteiger partial charge in [0.2, 0.25) is 0 Å². The highest BCUT2D eigenvalue weighted by atomic mass is 79.9. The van der Waals surface area contributed by atoms with Crippen LogP contribution < -0.4 is 10.1 Å². The van der Waals surface area contributed by atoms with Crippen LogP contribution in [0.3, 0.4) is 0 Å². The average molecular weight is 346 g/mol. The normalized spacial score (nSPS) is 15.0. The Bertz CT molecular complexity index is 503. The molecule has 2 atom stereocenters. The molecule has 3 N–H and O–H groups in total. The summed E-state index contributed by atoms with van der Waals surface area (Å²) < 4.78 is 6.23. The van der Waals surface area contributed by atoms with Gasteiger partial charge in [-0.2, -0.15) is 0 Å². The number of carboxylic acids is 1. The summed E-state index contributed by atoms with van der Waals surface area (Å²) in [5.74, 6) is -1.41. The van der Waals surface area contributed by atoms with Crippen molar-refractivity contribution in [3.63, 3.8) is 0 Å². The van der Waals surface area contributed by atoms with Crippen molar-refractivity contribution in [3.05, 3.63) is 28.7 Å². The van der Waals surface area contributed by atoms with E-state index in [-0.39, 0.29) is 0 Å². The lowest BCUT2D eigenvalue weighted by atomic mass is 10.1. The lowest BCUT2D eigenvalue weighted by molar-refractivity contribution is -0.156. The summed E-state index contributed by atoms with van der Waals surface area (Å²) >= 11 is 3.28. The van der Waals surface area contributed by atoms with Gasteiger partial charge in [0.15, 0.2) is 11.7 Å². The van der Waals surface area contributed by atoms with Crippen LogP contribution in [0.4, 0.5) is 0 Å². The van der Waals surface area contributed by atoms with Crippen molar-refractivity contribution in [1.29, 1.82) is 0 Å². The molecule has 0 saturated carbocycles. The Morgan fingerprint density at radius 2 is 2.15 bits per heavy atom. The Morgan fingerprint density at radius 3 is 2.70 bits per heavy atom. The number of rotatable bonds is 6. The molecule has 0 aromatic heterocycles. The number of aliphatic carboxylic acids is 1. The molecule has 6 nitrogen and oxygen atoms in total. The molecule has 0 aliphatic rings. The molecule has 1 aromatic rings. The number of carboxylic acid groups (broad SMARTS) is 1.